The second kappa shape index (κ2) is 41.3. The normalized spacial score (nSPS) is 15.2. The van der Waals surface area contributed by atoms with Crippen molar-refractivity contribution in [3.8, 4) is 45.0 Å². The Labute approximate surface area is 807 Å². The smallest absolute Gasteiger partial charge is 0.259 e. The number of anilines is 8. The molecule has 4 aliphatic rings. The number of nitrogens with one attached hydrogen (secondary N) is 4. The van der Waals surface area contributed by atoms with Crippen LogP contribution < -0.4 is 38.5 Å². The molecule has 10 aromatic carbocycles. The first kappa shape index (κ1) is 96.0. The number of pyridine rings is 6. The monoisotopic (exact) mass is 1980 g/mol. The average Bonchev–Trinajstić information content (AvgIpc) is 0.792. The number of benzene rings is 10. The average molecular weight is 1990 g/mol. The number of hydrogen-bond acceptors (Lipinski definition) is 22. The van der Waals surface area contributed by atoms with Crippen molar-refractivity contribution in [2.45, 2.75) is 20.8 Å². The molecule has 16 aromatic rings. The number of amides is 4. The highest BCUT2D eigenvalue weighted by Crippen LogP contribution is 2.38. The number of halogens is 4. The summed E-state index contributed by atoms with van der Waals surface area (Å²) in [6.07, 6.45) is 8.65. The first-order valence-corrected chi connectivity index (χ1v) is 50.4. The number of carbonyl (C=O) groups is 4. The molecule has 4 N–H and O–H groups in total. The summed E-state index contributed by atoms with van der Waals surface area (Å²) in [7, 11) is -14.5. The summed E-state index contributed by atoms with van der Waals surface area (Å²) in [6, 6.07) is 73.0. The minimum Gasteiger partial charge on any atom is -0.362 e. The molecule has 706 valence electrons. The summed E-state index contributed by atoms with van der Waals surface area (Å²) in [4.78, 5) is 78.4. The lowest BCUT2D eigenvalue weighted by Gasteiger charge is -2.28. The Morgan fingerprint density at radius 3 is 1.18 bits per heavy atom. The van der Waals surface area contributed by atoms with E-state index >= 15 is 0 Å². The van der Waals surface area contributed by atoms with E-state index in [2.05, 4.69) is 46.2 Å². The number of sulfonamides is 4. The number of aromatic nitrogens is 6. The van der Waals surface area contributed by atoms with Gasteiger partial charge in [0.1, 0.15) is 11.6 Å². The predicted octanol–water partition coefficient (Wildman–Crippen LogP) is 18.4. The Bertz CT molecular complexity index is 7780. The van der Waals surface area contributed by atoms with Crippen molar-refractivity contribution in [2.75, 3.05) is 115 Å². The molecule has 10 heterocycles. The zero-order valence-corrected chi connectivity index (χ0v) is 79.0. The topological polar surface area (TPSA) is 380 Å². The van der Waals surface area contributed by atoms with Gasteiger partial charge < -0.3 is 40.2 Å². The highest BCUT2D eigenvalue weighted by molar-refractivity contribution is 7.93. The van der Waals surface area contributed by atoms with Crippen LogP contribution >= 0.6 is 23.2 Å². The first-order valence-electron chi connectivity index (χ1n) is 43.2. The molecule has 0 radical (unpaired) electrons. The van der Waals surface area contributed by atoms with E-state index < -0.39 is 87.3 Å². The largest absolute Gasteiger partial charge is 0.362 e. The molecule has 4 fully saturated rings. The van der Waals surface area contributed by atoms with E-state index in [1.165, 1.54) is 45.0 Å². The van der Waals surface area contributed by atoms with E-state index in [-0.39, 0.29) is 90.9 Å². The third-order valence-corrected chi connectivity index (χ3v) is 29.7. The number of rotatable bonds is 16. The molecule has 0 aliphatic carbocycles. The third-order valence-electron chi connectivity index (χ3n) is 22.9. The SMILES string of the molecule is Cc1ccc(NC(=O)c2ccc(N3CCOCS3(=O)=O)cc2)cc1-c1ccc2cnccc2n1.Cc1ccc(NC(=O)c2ccc(N3CCOCS3(=O)=O)cc2F)cc1-c1ccc2cnccc2n1.Cc1ccc(NC(=O)c2ccc(N3CCOCS3(=O)=O)cc2F)cc1-c1nccc2ccccc12.O=C(Nc1ccc(Cl)c(-c2ccc3ccccc3n2)c1)c1ccc(N2CCOCS2(=O)=O)cc1Cl. The van der Waals surface area contributed by atoms with Gasteiger partial charge in [-0.2, -0.15) is 0 Å². The van der Waals surface area contributed by atoms with Crippen molar-refractivity contribution in [3.63, 3.8) is 0 Å². The van der Waals surface area contributed by atoms with Crippen LogP contribution in [0.3, 0.4) is 0 Å². The van der Waals surface area contributed by atoms with Gasteiger partial charge >= 0.3 is 0 Å². The van der Waals surface area contributed by atoms with Crippen molar-refractivity contribution >= 4 is 176 Å². The Kier molecular flexibility index (Phi) is 28.5. The van der Waals surface area contributed by atoms with Crippen molar-refractivity contribution in [1.82, 2.24) is 29.9 Å². The third kappa shape index (κ3) is 22.0. The fourth-order valence-electron chi connectivity index (χ4n) is 15.8. The van der Waals surface area contributed by atoms with E-state index in [0.29, 0.717) is 62.6 Å². The van der Waals surface area contributed by atoms with Crippen LogP contribution in [0.5, 0.6) is 0 Å². The molecule has 4 aliphatic heterocycles. The van der Waals surface area contributed by atoms with Crippen molar-refractivity contribution in [3.05, 3.63) is 346 Å². The van der Waals surface area contributed by atoms with Crippen molar-refractivity contribution in [1.29, 1.82) is 0 Å². The molecule has 4 saturated heterocycles. The van der Waals surface area contributed by atoms with E-state index in [9.17, 15) is 61.6 Å². The fourth-order valence-corrected chi connectivity index (χ4v) is 21.3. The highest BCUT2D eigenvalue weighted by atomic mass is 35.5. The Hall–Kier alpha value is -14.7. The van der Waals surface area contributed by atoms with E-state index in [1.807, 2.05) is 160 Å². The Morgan fingerprint density at radius 2 is 0.712 bits per heavy atom. The number of carbonyl (C=O) groups excluding carboxylic acids is 4. The second-order valence-corrected chi connectivity index (χ2v) is 40.5. The Balaban J connectivity index is 0.000000128. The zero-order valence-electron chi connectivity index (χ0n) is 74.3. The van der Waals surface area contributed by atoms with Crippen molar-refractivity contribution < 1.29 is 80.6 Å². The molecule has 0 saturated carbocycles. The lowest BCUT2D eigenvalue weighted by atomic mass is 9.99. The molecular weight excluding hydrogens is 1900 g/mol. The maximum absolute atomic E-state index is 14.9. The molecular formula is C101H84Cl2F2N14O16S4. The number of fused-ring (bicyclic) bond motifs is 4. The summed E-state index contributed by atoms with van der Waals surface area (Å²) in [5.74, 6) is -5.30. The lowest BCUT2D eigenvalue weighted by Crippen LogP contribution is -2.41. The second-order valence-electron chi connectivity index (χ2n) is 32.3. The lowest BCUT2D eigenvalue weighted by molar-refractivity contribution is 0.101. The summed E-state index contributed by atoms with van der Waals surface area (Å²) >= 11 is 12.8. The predicted molar refractivity (Wildman–Crippen MR) is 534 cm³/mol. The Morgan fingerprint density at radius 1 is 0.338 bits per heavy atom. The van der Waals surface area contributed by atoms with Crippen LogP contribution in [0, 0.1) is 32.4 Å². The van der Waals surface area contributed by atoms with Gasteiger partial charge in [0.2, 0.25) is 0 Å². The summed E-state index contributed by atoms with van der Waals surface area (Å²) in [5, 5.41) is 16.8. The van der Waals surface area contributed by atoms with Crippen LogP contribution in [0.2, 0.25) is 10.0 Å². The minimum absolute atomic E-state index is 0.0821. The fraction of sp³-hybridized carbons (Fsp3) is 0.149. The molecule has 0 unspecified atom stereocenters. The summed E-state index contributed by atoms with van der Waals surface area (Å²) in [5.41, 5.74) is 15.3. The first-order chi connectivity index (χ1) is 66.9. The molecule has 0 spiro atoms. The maximum Gasteiger partial charge on any atom is 0.259 e. The van der Waals surface area contributed by atoms with Gasteiger partial charge in [-0.25, -0.2) is 57.4 Å². The van der Waals surface area contributed by atoms with Crippen LogP contribution in [0.25, 0.3) is 88.5 Å². The number of hydrogen-bond donors (Lipinski definition) is 4. The number of para-hydroxylation sites is 1. The van der Waals surface area contributed by atoms with Gasteiger partial charge in [0, 0.05) is 103 Å². The molecule has 20 rings (SSSR count). The van der Waals surface area contributed by atoms with E-state index in [0.717, 1.165) is 115 Å². The van der Waals surface area contributed by atoms with Crippen LogP contribution in [-0.4, -0.2) is 164 Å². The quantitative estimate of drug-likeness (QED) is 0.0698. The maximum atomic E-state index is 14.9. The molecule has 30 nitrogen and oxygen atoms in total. The van der Waals surface area contributed by atoms with Gasteiger partial charge in [-0.15, -0.1) is 0 Å². The molecule has 0 bridgehead atoms. The number of aryl methyl sites for hydroxylation is 3. The molecule has 4 amide bonds. The zero-order chi connectivity index (χ0) is 97.4. The van der Waals surface area contributed by atoms with Gasteiger partial charge in [-0.3, -0.25) is 51.4 Å². The van der Waals surface area contributed by atoms with Crippen molar-refractivity contribution in [2.24, 2.45) is 0 Å². The molecule has 38 heteroatoms. The van der Waals surface area contributed by atoms with Crippen LogP contribution in [0.4, 0.5) is 54.3 Å². The number of ether oxygens (including phenoxy) is 4. The summed E-state index contributed by atoms with van der Waals surface area (Å²) in [6.45, 7) is 7.54. The van der Waals surface area contributed by atoms with Gasteiger partial charge in [0.05, 0.1) is 141 Å². The van der Waals surface area contributed by atoms with Gasteiger partial charge in [-0.05, 0) is 231 Å². The molecule has 6 aromatic heterocycles. The molecule has 0 atom stereocenters. The van der Waals surface area contributed by atoms with Gasteiger partial charge in [0.15, 0.2) is 23.8 Å². The number of nitrogens with zero attached hydrogens (tertiary/aromatic N) is 10. The van der Waals surface area contributed by atoms with Gasteiger partial charge in [0.25, 0.3) is 63.7 Å². The standard InChI is InChI=1S/C26H22FN3O4S.C25H19Cl2N3O4S.C25H21FN4O4S.C25H22N4O4S/c1-17-6-7-19(14-23(17)25-21-5-3-2-4-18(21)10-11-28-25)29-26(31)22-9-8-20(15-24(22)27)30-12-13-34-16-35(30,32)33;26-21-9-6-17(13-20(21)24-10-5-16-3-1-2-4-23(16)29-24)28-25(31)19-8-7-18(14-22(19)27)30-11-12-34-15-35(30,32)33;1-16-2-4-18(12-21(16)24-7-3-17-14-27-9-8-23(17)29-24)28-25(31)20-6-5-19(13-22(20)26)30-10-11-34-15-35(30,32)33;1-17-2-6-20(14-22(17)24-9-5-19-15-26-11-10-23(19)28-24)27-25(30)18-3-7-21(8-4-18)29-12-13-33-16-34(29,31)32/h2-11,14-15H,12-13,16H2,1H3,(H,29,31);1-10,13-14H,11-12,15H2,(H,28,31);2-9,12-14H,10-11,15H2,1H3,(H,28,31);2-11,14-15H,12-13,16H2,1H3,(H,27,30). The minimum atomic E-state index is -3.69. The van der Waals surface area contributed by atoms with E-state index in [4.69, 9.17) is 47.1 Å². The highest BCUT2D eigenvalue weighted by Gasteiger charge is 2.33. The molecule has 139 heavy (non-hydrogen) atoms. The van der Waals surface area contributed by atoms with E-state index in [1.54, 1.807) is 97.7 Å². The summed E-state index contributed by atoms with van der Waals surface area (Å²) < 4.78 is 152. The van der Waals surface area contributed by atoms with Crippen LogP contribution in [0.15, 0.2) is 286 Å². The van der Waals surface area contributed by atoms with Gasteiger partial charge in [-0.1, -0.05) is 89.9 Å². The van der Waals surface area contributed by atoms with Crippen LogP contribution in [-0.2, 0) is 59.0 Å². The van der Waals surface area contributed by atoms with Crippen LogP contribution in [0.1, 0.15) is 58.1 Å².